The van der Waals surface area contributed by atoms with E-state index < -0.39 is 5.60 Å². The number of aromatic nitrogens is 1. The highest BCUT2D eigenvalue weighted by Gasteiger charge is 2.49. The maximum Gasteiger partial charge on any atom is 0.303 e. The highest BCUT2D eigenvalue weighted by molar-refractivity contribution is 5.68. The number of pyridine rings is 1. The molecule has 2 bridgehead atoms. The molecule has 2 aliphatic carbocycles. The van der Waals surface area contributed by atoms with Crippen LogP contribution in [0.4, 0.5) is 0 Å². The first kappa shape index (κ1) is 14.8. The van der Waals surface area contributed by atoms with Gasteiger partial charge in [0.15, 0.2) is 5.60 Å². The molecule has 116 valence electrons. The molecule has 4 nitrogen and oxygen atoms in total. The minimum atomic E-state index is -0.711. The molecule has 3 rings (SSSR count). The van der Waals surface area contributed by atoms with Crippen LogP contribution in [0.25, 0.3) is 0 Å². The topological polar surface area (TPSA) is 48.4 Å². The van der Waals surface area contributed by atoms with E-state index in [2.05, 4.69) is 24.1 Å². The molecule has 0 spiro atoms. The predicted molar refractivity (Wildman–Crippen MR) is 83.6 cm³/mol. The van der Waals surface area contributed by atoms with Crippen LogP contribution in [0.2, 0.25) is 0 Å². The van der Waals surface area contributed by atoms with Crippen LogP contribution in [0, 0.1) is 5.92 Å². The molecule has 1 heterocycles. The summed E-state index contributed by atoms with van der Waals surface area (Å²) in [6.07, 6.45) is 5.85. The van der Waals surface area contributed by atoms with E-state index >= 15 is 0 Å². The van der Waals surface area contributed by atoms with Gasteiger partial charge in [-0.05, 0) is 25.5 Å². The molecule has 0 unspecified atom stereocenters. The zero-order valence-corrected chi connectivity index (χ0v) is 13.5. The lowest BCUT2D eigenvalue weighted by molar-refractivity contribution is -0.155. The second-order valence-corrected chi connectivity index (χ2v) is 6.01. The Kier molecular flexibility index (Phi) is 3.55. The van der Waals surface area contributed by atoms with Crippen LogP contribution in [0.1, 0.15) is 38.4 Å². The first-order chi connectivity index (χ1) is 10.5. The van der Waals surface area contributed by atoms with E-state index in [0.29, 0.717) is 12.3 Å². The summed E-state index contributed by atoms with van der Waals surface area (Å²) in [6, 6.07) is 3.83. The van der Waals surface area contributed by atoms with E-state index in [1.54, 1.807) is 7.11 Å². The maximum absolute atomic E-state index is 11.8. The molecule has 22 heavy (non-hydrogen) atoms. The molecule has 0 saturated carbocycles. The van der Waals surface area contributed by atoms with Gasteiger partial charge < -0.3 is 9.47 Å². The van der Waals surface area contributed by atoms with E-state index in [9.17, 15) is 4.79 Å². The third kappa shape index (κ3) is 2.14. The van der Waals surface area contributed by atoms with Crippen LogP contribution in [0.15, 0.2) is 35.4 Å². The lowest BCUT2D eigenvalue weighted by Gasteiger charge is -2.46. The minimum Gasteiger partial charge on any atom is -0.481 e. The van der Waals surface area contributed by atoms with Crippen molar-refractivity contribution in [1.29, 1.82) is 0 Å². The largest absolute Gasteiger partial charge is 0.481 e. The van der Waals surface area contributed by atoms with Gasteiger partial charge in [0.05, 0.1) is 12.8 Å². The Morgan fingerprint density at radius 2 is 2.23 bits per heavy atom. The average molecular weight is 299 g/mol. The van der Waals surface area contributed by atoms with Crippen LogP contribution in [0.3, 0.4) is 0 Å². The normalized spacial score (nSPS) is 27.9. The van der Waals surface area contributed by atoms with Crippen LogP contribution in [-0.4, -0.2) is 18.1 Å². The number of hydrogen-bond donors (Lipinski definition) is 0. The Balaban J connectivity index is 2.24. The fourth-order valence-corrected chi connectivity index (χ4v) is 3.88. The second-order valence-electron chi connectivity index (χ2n) is 6.01. The predicted octanol–water partition coefficient (Wildman–Crippen LogP) is 3.32. The van der Waals surface area contributed by atoms with Gasteiger partial charge in [-0.15, -0.1) is 0 Å². The minimum absolute atomic E-state index is 0.227. The quantitative estimate of drug-likeness (QED) is 0.621. The van der Waals surface area contributed by atoms with E-state index in [4.69, 9.17) is 9.47 Å². The molecule has 1 aromatic heterocycles. The summed E-state index contributed by atoms with van der Waals surface area (Å²) >= 11 is 0. The summed E-state index contributed by atoms with van der Waals surface area (Å²) in [6.45, 7) is 5.58. The molecule has 1 aromatic rings. The third-order valence-corrected chi connectivity index (χ3v) is 4.51. The van der Waals surface area contributed by atoms with Crippen LogP contribution in [0.5, 0.6) is 5.88 Å². The molecule has 4 heteroatoms. The molecule has 0 radical (unpaired) electrons. The van der Waals surface area contributed by atoms with Crippen molar-refractivity contribution in [2.75, 3.05) is 7.11 Å². The Morgan fingerprint density at radius 1 is 1.45 bits per heavy atom. The molecule has 0 aliphatic heterocycles. The van der Waals surface area contributed by atoms with Crippen molar-refractivity contribution in [2.24, 2.45) is 5.92 Å². The number of esters is 1. The van der Waals surface area contributed by atoms with Gasteiger partial charge in [-0.25, -0.2) is 4.98 Å². The summed E-state index contributed by atoms with van der Waals surface area (Å²) in [5, 5.41) is 0. The first-order valence-corrected chi connectivity index (χ1v) is 7.58. The molecule has 2 atom stereocenters. The van der Waals surface area contributed by atoms with Gasteiger partial charge in [0.1, 0.15) is 0 Å². The second kappa shape index (κ2) is 5.27. The number of rotatable bonds is 2. The third-order valence-electron chi connectivity index (χ3n) is 4.51. The zero-order valence-electron chi connectivity index (χ0n) is 13.5. The van der Waals surface area contributed by atoms with Crippen LogP contribution >= 0.6 is 0 Å². The Labute approximate surface area is 130 Å². The van der Waals surface area contributed by atoms with Gasteiger partial charge in [-0.2, -0.15) is 0 Å². The number of methoxy groups -OCH3 is 1. The number of hydrogen-bond acceptors (Lipinski definition) is 4. The number of allylic oxidation sites excluding steroid dienone is 2. The fourth-order valence-electron chi connectivity index (χ4n) is 3.88. The summed E-state index contributed by atoms with van der Waals surface area (Å²) in [7, 11) is 1.61. The van der Waals surface area contributed by atoms with Gasteiger partial charge in [-0.3, -0.25) is 4.79 Å². The summed E-state index contributed by atoms with van der Waals surface area (Å²) in [5.74, 6) is 0.557. The maximum atomic E-state index is 11.8. The van der Waals surface area contributed by atoms with Crippen molar-refractivity contribution in [3.8, 4) is 5.88 Å². The highest BCUT2D eigenvalue weighted by atomic mass is 16.6. The van der Waals surface area contributed by atoms with Crippen molar-refractivity contribution in [1.82, 2.24) is 4.98 Å². The molecule has 0 saturated heterocycles. The van der Waals surface area contributed by atoms with Crippen molar-refractivity contribution in [2.45, 2.75) is 39.2 Å². The van der Waals surface area contributed by atoms with Crippen molar-refractivity contribution >= 4 is 5.97 Å². The summed E-state index contributed by atoms with van der Waals surface area (Å²) < 4.78 is 11.1. The monoisotopic (exact) mass is 299 g/mol. The van der Waals surface area contributed by atoms with Gasteiger partial charge in [-0.1, -0.05) is 17.7 Å². The smallest absolute Gasteiger partial charge is 0.303 e. The van der Waals surface area contributed by atoms with Crippen molar-refractivity contribution < 1.29 is 14.3 Å². The summed E-state index contributed by atoms with van der Waals surface area (Å²) in [5.41, 5.74) is 3.64. The standard InChI is InChI=1S/C18H21NO3/c1-5-14-13-8-11(2)10-18(14,22-12(3)20)15-6-7-17(21-4)19-16(15)9-13/h5-8,13H,9-10H2,1-4H3/b14-5+/t13-,18+/m0/s1. The number of nitrogens with zero attached hydrogens (tertiary/aromatic N) is 1. The van der Waals surface area contributed by atoms with Gasteiger partial charge >= 0.3 is 5.97 Å². The molecule has 0 amide bonds. The SMILES string of the molecule is C/C=C1\[C@H]2C=C(C)C[C@]1(OC(C)=O)c1ccc(OC)nc1C2. The fraction of sp³-hybridized carbons (Fsp3) is 0.444. The first-order valence-electron chi connectivity index (χ1n) is 7.58. The Bertz CT molecular complexity index is 690. The number of carbonyl (C=O) groups excluding carboxylic acids is 1. The molecule has 0 N–H and O–H groups in total. The van der Waals surface area contributed by atoms with E-state index in [-0.39, 0.29) is 11.9 Å². The van der Waals surface area contributed by atoms with Crippen LogP contribution in [-0.2, 0) is 21.6 Å². The van der Waals surface area contributed by atoms with Gasteiger partial charge in [0.25, 0.3) is 0 Å². The molecule has 2 aliphatic rings. The summed E-state index contributed by atoms with van der Waals surface area (Å²) in [4.78, 5) is 16.4. The van der Waals surface area contributed by atoms with E-state index in [0.717, 1.165) is 23.3 Å². The van der Waals surface area contributed by atoms with Crippen LogP contribution < -0.4 is 4.74 Å². The Morgan fingerprint density at radius 3 is 2.86 bits per heavy atom. The van der Waals surface area contributed by atoms with Crippen molar-refractivity contribution in [3.63, 3.8) is 0 Å². The number of fused-ring (bicyclic) bond motifs is 4. The highest BCUT2D eigenvalue weighted by Crippen LogP contribution is 2.52. The zero-order chi connectivity index (χ0) is 15.9. The molecule has 0 fully saturated rings. The van der Waals surface area contributed by atoms with Gasteiger partial charge in [0, 0.05) is 37.3 Å². The number of ether oxygens (including phenoxy) is 2. The lowest BCUT2D eigenvalue weighted by Crippen LogP contribution is -2.44. The van der Waals surface area contributed by atoms with Gasteiger partial charge in [0.2, 0.25) is 5.88 Å². The molecular weight excluding hydrogens is 278 g/mol. The average Bonchev–Trinajstić information content (AvgIpc) is 2.45. The van der Waals surface area contributed by atoms with E-state index in [1.165, 1.54) is 12.5 Å². The number of carbonyl (C=O) groups is 1. The molecule has 0 aromatic carbocycles. The molecular formula is C18H21NO3. The van der Waals surface area contributed by atoms with Crippen molar-refractivity contribution in [3.05, 3.63) is 46.7 Å². The Hall–Kier alpha value is -2.10. The van der Waals surface area contributed by atoms with E-state index in [1.807, 2.05) is 19.1 Å². The lowest BCUT2D eigenvalue weighted by atomic mass is 9.65.